The highest BCUT2D eigenvalue weighted by molar-refractivity contribution is 4.65. The fourth-order valence-electron chi connectivity index (χ4n) is 0.572. The van der Waals surface area contributed by atoms with Crippen LogP contribution in [-0.2, 0) is 4.74 Å². The van der Waals surface area contributed by atoms with Gasteiger partial charge >= 0.3 is 0 Å². The molecule has 0 aromatic carbocycles. The molecular weight excluding hydrogens is 128 g/mol. The predicted molar refractivity (Wildman–Crippen MR) is 42.0 cm³/mol. The molecule has 0 aromatic heterocycles. The summed E-state index contributed by atoms with van der Waals surface area (Å²) in [6.07, 6.45) is 0.928. The Kier molecular flexibility index (Phi) is 4.65. The second-order valence-electron chi connectivity index (χ2n) is 3.27. The van der Waals surface area contributed by atoms with Crippen LogP contribution in [0.25, 0.3) is 0 Å². The van der Waals surface area contributed by atoms with Crippen LogP contribution in [0.15, 0.2) is 0 Å². The van der Waals surface area contributed by atoms with Crippen molar-refractivity contribution in [2.45, 2.75) is 27.2 Å². The largest absolute Gasteiger partial charge is 0.396 e. The Balaban J connectivity index is 3.28. The highest BCUT2D eigenvalue weighted by Crippen LogP contribution is 2.18. The van der Waals surface area contributed by atoms with Gasteiger partial charge in [-0.2, -0.15) is 0 Å². The van der Waals surface area contributed by atoms with Crippen LogP contribution in [-0.4, -0.2) is 24.9 Å². The summed E-state index contributed by atoms with van der Waals surface area (Å²) >= 11 is 0. The van der Waals surface area contributed by atoms with Crippen LogP contribution >= 0.6 is 0 Å². The van der Waals surface area contributed by atoms with Gasteiger partial charge in [0.15, 0.2) is 0 Å². The molecule has 0 aliphatic carbocycles. The summed E-state index contributed by atoms with van der Waals surface area (Å²) < 4.78 is 5.16. The lowest BCUT2D eigenvalue weighted by molar-refractivity contribution is 0.0821. The molecule has 0 aliphatic heterocycles. The van der Waals surface area contributed by atoms with Gasteiger partial charge in [-0.15, -0.1) is 0 Å². The van der Waals surface area contributed by atoms with Crippen LogP contribution in [0.1, 0.15) is 27.2 Å². The SMILES string of the molecule is CCOCCC(C)(C)CO. The molecule has 0 saturated heterocycles. The van der Waals surface area contributed by atoms with Crippen LogP contribution < -0.4 is 0 Å². The van der Waals surface area contributed by atoms with Crippen molar-refractivity contribution < 1.29 is 9.84 Å². The van der Waals surface area contributed by atoms with Crippen LogP contribution in [0, 0.1) is 5.41 Å². The fraction of sp³-hybridized carbons (Fsp3) is 1.00. The average Bonchev–Trinajstić information content (AvgIpc) is 1.89. The maximum absolute atomic E-state index is 8.84. The first-order chi connectivity index (χ1) is 4.62. The summed E-state index contributed by atoms with van der Waals surface area (Å²) in [5.74, 6) is 0. The highest BCUT2D eigenvalue weighted by atomic mass is 16.5. The van der Waals surface area contributed by atoms with Crippen molar-refractivity contribution in [3.63, 3.8) is 0 Å². The summed E-state index contributed by atoms with van der Waals surface area (Å²) in [5, 5.41) is 8.84. The third kappa shape index (κ3) is 4.77. The summed E-state index contributed by atoms with van der Waals surface area (Å²) in [6.45, 7) is 7.80. The van der Waals surface area contributed by atoms with E-state index in [2.05, 4.69) is 0 Å². The van der Waals surface area contributed by atoms with Crippen molar-refractivity contribution in [2.24, 2.45) is 5.41 Å². The van der Waals surface area contributed by atoms with Crippen molar-refractivity contribution >= 4 is 0 Å². The third-order valence-electron chi connectivity index (χ3n) is 1.56. The minimum atomic E-state index is 0.0230. The Morgan fingerprint density at radius 1 is 1.40 bits per heavy atom. The van der Waals surface area contributed by atoms with Crippen LogP contribution in [0.4, 0.5) is 0 Å². The van der Waals surface area contributed by atoms with E-state index in [0.717, 1.165) is 19.6 Å². The summed E-state index contributed by atoms with van der Waals surface area (Å²) in [6, 6.07) is 0. The molecule has 0 rings (SSSR count). The van der Waals surface area contributed by atoms with Gasteiger partial charge in [0.1, 0.15) is 0 Å². The molecule has 0 aromatic rings. The summed E-state index contributed by atoms with van der Waals surface area (Å²) in [4.78, 5) is 0. The number of aliphatic hydroxyl groups is 1. The Morgan fingerprint density at radius 3 is 2.40 bits per heavy atom. The number of hydrogen-bond donors (Lipinski definition) is 1. The van der Waals surface area contributed by atoms with E-state index in [4.69, 9.17) is 9.84 Å². The first kappa shape index (κ1) is 9.92. The fourth-order valence-corrected chi connectivity index (χ4v) is 0.572. The first-order valence-electron chi connectivity index (χ1n) is 3.81. The van der Waals surface area contributed by atoms with Crippen LogP contribution in [0.3, 0.4) is 0 Å². The van der Waals surface area contributed by atoms with Gasteiger partial charge in [-0.05, 0) is 18.8 Å². The lowest BCUT2D eigenvalue weighted by Gasteiger charge is -2.20. The standard InChI is InChI=1S/C8H18O2/c1-4-10-6-5-8(2,3)7-9/h9H,4-7H2,1-3H3. The van der Waals surface area contributed by atoms with Crippen LogP contribution in [0.5, 0.6) is 0 Å². The van der Waals surface area contributed by atoms with E-state index in [0.29, 0.717) is 0 Å². The monoisotopic (exact) mass is 146 g/mol. The van der Waals surface area contributed by atoms with Crippen LogP contribution in [0.2, 0.25) is 0 Å². The molecule has 0 fully saturated rings. The Hall–Kier alpha value is -0.0800. The van der Waals surface area contributed by atoms with Crippen molar-refractivity contribution in [1.82, 2.24) is 0 Å². The average molecular weight is 146 g/mol. The molecule has 0 amide bonds. The third-order valence-corrected chi connectivity index (χ3v) is 1.56. The van der Waals surface area contributed by atoms with Gasteiger partial charge in [-0.25, -0.2) is 0 Å². The minimum Gasteiger partial charge on any atom is -0.396 e. The van der Waals surface area contributed by atoms with Crippen molar-refractivity contribution in [1.29, 1.82) is 0 Å². The van der Waals surface area contributed by atoms with E-state index in [1.165, 1.54) is 0 Å². The number of ether oxygens (including phenoxy) is 1. The molecule has 0 aliphatic rings. The Bertz CT molecular complexity index is 79.3. The van der Waals surface area contributed by atoms with E-state index in [1.807, 2.05) is 20.8 Å². The smallest absolute Gasteiger partial charge is 0.0482 e. The van der Waals surface area contributed by atoms with Crippen molar-refractivity contribution in [3.05, 3.63) is 0 Å². The van der Waals surface area contributed by atoms with Gasteiger partial charge in [0.2, 0.25) is 0 Å². The highest BCUT2D eigenvalue weighted by Gasteiger charge is 2.15. The van der Waals surface area contributed by atoms with Gasteiger partial charge in [-0.3, -0.25) is 0 Å². The maximum Gasteiger partial charge on any atom is 0.0482 e. The zero-order valence-corrected chi connectivity index (χ0v) is 7.18. The van der Waals surface area contributed by atoms with Gasteiger partial charge in [0.25, 0.3) is 0 Å². The molecule has 0 bridgehead atoms. The molecule has 10 heavy (non-hydrogen) atoms. The molecule has 0 unspecified atom stereocenters. The van der Waals surface area contributed by atoms with Gasteiger partial charge in [0.05, 0.1) is 0 Å². The minimum absolute atomic E-state index is 0.0230. The van der Waals surface area contributed by atoms with E-state index in [1.54, 1.807) is 0 Å². The second-order valence-corrected chi connectivity index (χ2v) is 3.27. The molecule has 62 valence electrons. The summed E-state index contributed by atoms with van der Waals surface area (Å²) in [7, 11) is 0. The maximum atomic E-state index is 8.84. The van der Waals surface area contributed by atoms with Crippen molar-refractivity contribution in [2.75, 3.05) is 19.8 Å². The zero-order chi connectivity index (χ0) is 8.04. The van der Waals surface area contributed by atoms with E-state index >= 15 is 0 Å². The molecule has 0 radical (unpaired) electrons. The molecule has 0 spiro atoms. The molecule has 2 nitrogen and oxygen atoms in total. The molecule has 0 saturated carbocycles. The lowest BCUT2D eigenvalue weighted by Crippen LogP contribution is -2.18. The van der Waals surface area contributed by atoms with E-state index in [-0.39, 0.29) is 12.0 Å². The topological polar surface area (TPSA) is 29.5 Å². The van der Waals surface area contributed by atoms with Gasteiger partial charge in [-0.1, -0.05) is 13.8 Å². The number of rotatable bonds is 5. The second kappa shape index (κ2) is 4.69. The molecule has 0 atom stereocenters. The molecule has 0 heterocycles. The van der Waals surface area contributed by atoms with Gasteiger partial charge < -0.3 is 9.84 Å². The number of hydrogen-bond acceptors (Lipinski definition) is 2. The zero-order valence-electron chi connectivity index (χ0n) is 7.18. The Morgan fingerprint density at radius 2 is 2.00 bits per heavy atom. The predicted octanol–water partition coefficient (Wildman–Crippen LogP) is 1.43. The first-order valence-corrected chi connectivity index (χ1v) is 3.81. The lowest BCUT2D eigenvalue weighted by atomic mass is 9.91. The summed E-state index contributed by atoms with van der Waals surface area (Å²) in [5.41, 5.74) is 0.0230. The quantitative estimate of drug-likeness (QED) is 0.594. The van der Waals surface area contributed by atoms with Gasteiger partial charge in [0, 0.05) is 19.8 Å². The number of aliphatic hydroxyl groups excluding tert-OH is 1. The van der Waals surface area contributed by atoms with E-state index < -0.39 is 0 Å². The molecule has 1 N–H and O–H groups in total. The molecular formula is C8H18O2. The Labute approximate surface area is 63.2 Å². The molecule has 2 heteroatoms. The normalized spacial score (nSPS) is 12.0. The van der Waals surface area contributed by atoms with Crippen molar-refractivity contribution in [3.8, 4) is 0 Å². The van der Waals surface area contributed by atoms with E-state index in [9.17, 15) is 0 Å².